The first-order chi connectivity index (χ1) is 15.6. The first kappa shape index (κ1) is 20.9. The second kappa shape index (κ2) is 8.88. The SMILES string of the molecule is COc1ccc(-c2nc3ncc(Br)c(N4CCN(Cc5ccnc(C)c5)CC4)c3[nH]2)cc1. The van der Waals surface area contributed by atoms with Crippen LogP contribution in [0.5, 0.6) is 5.75 Å². The summed E-state index contributed by atoms with van der Waals surface area (Å²) >= 11 is 3.73. The number of nitrogens with zero attached hydrogens (tertiary/aromatic N) is 5. The molecule has 7 nitrogen and oxygen atoms in total. The number of ether oxygens (including phenoxy) is 1. The highest BCUT2D eigenvalue weighted by Crippen LogP contribution is 2.34. The molecule has 5 rings (SSSR count). The molecule has 0 amide bonds. The Hall–Kier alpha value is -2.97. The zero-order valence-corrected chi connectivity index (χ0v) is 19.8. The first-order valence-corrected chi connectivity index (χ1v) is 11.5. The summed E-state index contributed by atoms with van der Waals surface area (Å²) in [4.78, 5) is 22.0. The number of rotatable bonds is 5. The van der Waals surface area contributed by atoms with Crippen molar-refractivity contribution in [2.75, 3.05) is 38.2 Å². The van der Waals surface area contributed by atoms with Crippen LogP contribution in [0.25, 0.3) is 22.6 Å². The highest BCUT2D eigenvalue weighted by Gasteiger charge is 2.23. The number of pyridine rings is 2. The zero-order chi connectivity index (χ0) is 22.1. The lowest BCUT2D eigenvalue weighted by atomic mass is 10.2. The third-order valence-corrected chi connectivity index (χ3v) is 6.45. The molecule has 3 aromatic heterocycles. The fraction of sp³-hybridized carbons (Fsp3) is 0.292. The van der Waals surface area contributed by atoms with Crippen molar-refractivity contribution in [3.63, 3.8) is 0 Å². The van der Waals surface area contributed by atoms with Gasteiger partial charge in [0.2, 0.25) is 0 Å². The topological polar surface area (TPSA) is 70.2 Å². The molecule has 8 heteroatoms. The average Bonchev–Trinajstić information content (AvgIpc) is 3.24. The van der Waals surface area contributed by atoms with Gasteiger partial charge in [-0.15, -0.1) is 0 Å². The van der Waals surface area contributed by atoms with Gasteiger partial charge in [-0.3, -0.25) is 9.88 Å². The Morgan fingerprint density at radius 2 is 1.84 bits per heavy atom. The van der Waals surface area contributed by atoms with E-state index in [2.05, 4.69) is 52.8 Å². The number of halogens is 1. The predicted octanol–water partition coefficient (Wildman–Crippen LogP) is 4.42. The summed E-state index contributed by atoms with van der Waals surface area (Å²) in [5.41, 5.74) is 6.20. The molecule has 1 saturated heterocycles. The molecule has 0 saturated carbocycles. The van der Waals surface area contributed by atoms with Crippen molar-refractivity contribution in [2.45, 2.75) is 13.5 Å². The van der Waals surface area contributed by atoms with Crippen LogP contribution in [0.4, 0.5) is 5.69 Å². The van der Waals surface area contributed by atoms with Crippen molar-refractivity contribution in [1.29, 1.82) is 0 Å². The number of H-pyrrole nitrogens is 1. The molecule has 4 heterocycles. The van der Waals surface area contributed by atoms with Crippen molar-refractivity contribution in [3.05, 3.63) is 64.5 Å². The minimum atomic E-state index is 0.726. The van der Waals surface area contributed by atoms with E-state index in [1.165, 1.54) is 5.56 Å². The lowest BCUT2D eigenvalue weighted by molar-refractivity contribution is 0.250. The maximum Gasteiger partial charge on any atom is 0.180 e. The summed E-state index contributed by atoms with van der Waals surface area (Å²) in [5, 5.41) is 0. The van der Waals surface area contributed by atoms with Crippen molar-refractivity contribution >= 4 is 32.8 Å². The summed E-state index contributed by atoms with van der Waals surface area (Å²) in [6.07, 6.45) is 3.74. The number of aromatic nitrogens is 4. The third-order valence-electron chi connectivity index (χ3n) is 5.87. The van der Waals surface area contributed by atoms with Crippen LogP contribution in [-0.4, -0.2) is 58.1 Å². The molecule has 4 aromatic rings. The maximum atomic E-state index is 5.27. The number of piperazine rings is 1. The fourth-order valence-electron chi connectivity index (χ4n) is 4.21. The van der Waals surface area contributed by atoms with Gasteiger partial charge in [0.05, 0.1) is 17.3 Å². The van der Waals surface area contributed by atoms with E-state index >= 15 is 0 Å². The third kappa shape index (κ3) is 4.20. The zero-order valence-electron chi connectivity index (χ0n) is 18.2. The first-order valence-electron chi connectivity index (χ1n) is 10.7. The average molecular weight is 493 g/mol. The van der Waals surface area contributed by atoms with Crippen molar-refractivity contribution in [3.8, 4) is 17.1 Å². The molecule has 0 unspecified atom stereocenters. The number of hydrogen-bond acceptors (Lipinski definition) is 6. The Morgan fingerprint density at radius 1 is 1.06 bits per heavy atom. The molecule has 1 N–H and O–H groups in total. The minimum absolute atomic E-state index is 0.726. The highest BCUT2D eigenvalue weighted by molar-refractivity contribution is 9.10. The molecule has 0 aliphatic carbocycles. The number of aryl methyl sites for hydroxylation is 1. The van der Waals surface area contributed by atoms with E-state index in [9.17, 15) is 0 Å². The normalized spacial score (nSPS) is 14.8. The number of imidazole rings is 1. The van der Waals surface area contributed by atoms with Gasteiger partial charge in [-0.2, -0.15) is 0 Å². The highest BCUT2D eigenvalue weighted by atomic mass is 79.9. The van der Waals surface area contributed by atoms with Gasteiger partial charge in [0, 0.05) is 56.4 Å². The smallest absolute Gasteiger partial charge is 0.180 e. The van der Waals surface area contributed by atoms with E-state index in [1.54, 1.807) is 7.11 Å². The van der Waals surface area contributed by atoms with Crippen LogP contribution in [0.15, 0.2) is 53.3 Å². The summed E-state index contributed by atoms with van der Waals surface area (Å²) in [6, 6.07) is 12.2. The molecule has 1 aromatic carbocycles. The molecule has 0 atom stereocenters. The van der Waals surface area contributed by atoms with Crippen LogP contribution < -0.4 is 9.64 Å². The summed E-state index contributed by atoms with van der Waals surface area (Å²) in [6.45, 7) is 6.87. The molecular weight excluding hydrogens is 468 g/mol. The van der Waals surface area contributed by atoms with Crippen LogP contribution in [-0.2, 0) is 6.54 Å². The molecule has 1 aliphatic heterocycles. The Morgan fingerprint density at radius 3 is 2.56 bits per heavy atom. The van der Waals surface area contributed by atoms with Gasteiger partial charge in [-0.1, -0.05) is 0 Å². The predicted molar refractivity (Wildman–Crippen MR) is 130 cm³/mol. The summed E-state index contributed by atoms with van der Waals surface area (Å²) < 4.78 is 6.25. The van der Waals surface area contributed by atoms with Crippen molar-refractivity contribution in [1.82, 2.24) is 24.8 Å². The second-order valence-electron chi connectivity index (χ2n) is 8.04. The van der Waals surface area contributed by atoms with Gasteiger partial charge in [-0.05, 0) is 64.8 Å². The van der Waals surface area contributed by atoms with Gasteiger partial charge in [0.1, 0.15) is 17.1 Å². The lowest BCUT2D eigenvalue weighted by Gasteiger charge is -2.36. The number of aromatic amines is 1. The van der Waals surface area contributed by atoms with Crippen LogP contribution in [0.1, 0.15) is 11.3 Å². The summed E-state index contributed by atoms with van der Waals surface area (Å²) in [5.74, 6) is 1.63. The van der Waals surface area contributed by atoms with E-state index < -0.39 is 0 Å². The Labute approximate surface area is 195 Å². The summed E-state index contributed by atoms with van der Waals surface area (Å²) in [7, 11) is 1.67. The van der Waals surface area contributed by atoms with Crippen molar-refractivity contribution in [2.24, 2.45) is 0 Å². The van der Waals surface area contributed by atoms with Gasteiger partial charge < -0.3 is 14.6 Å². The fourth-order valence-corrected chi connectivity index (χ4v) is 4.76. The monoisotopic (exact) mass is 492 g/mol. The second-order valence-corrected chi connectivity index (χ2v) is 8.89. The molecule has 164 valence electrons. The maximum absolute atomic E-state index is 5.27. The van der Waals surface area contributed by atoms with E-state index in [0.717, 1.165) is 76.9 Å². The van der Waals surface area contributed by atoms with Crippen LogP contribution in [0, 0.1) is 6.92 Å². The quantitative estimate of drug-likeness (QED) is 0.444. The number of nitrogens with one attached hydrogen (secondary N) is 1. The number of hydrogen-bond donors (Lipinski definition) is 1. The Balaban J connectivity index is 1.37. The van der Waals surface area contributed by atoms with Gasteiger partial charge in [0.15, 0.2) is 5.65 Å². The molecular formula is C24H25BrN6O. The van der Waals surface area contributed by atoms with E-state index in [1.807, 2.05) is 43.6 Å². The van der Waals surface area contributed by atoms with Crippen LogP contribution in [0.2, 0.25) is 0 Å². The van der Waals surface area contributed by atoms with E-state index in [-0.39, 0.29) is 0 Å². The lowest BCUT2D eigenvalue weighted by Crippen LogP contribution is -2.46. The van der Waals surface area contributed by atoms with Gasteiger partial charge in [-0.25, -0.2) is 9.97 Å². The van der Waals surface area contributed by atoms with Crippen LogP contribution >= 0.6 is 15.9 Å². The Kier molecular flexibility index (Phi) is 5.80. The molecule has 0 spiro atoms. The number of anilines is 1. The van der Waals surface area contributed by atoms with Crippen molar-refractivity contribution < 1.29 is 4.74 Å². The number of benzene rings is 1. The number of fused-ring (bicyclic) bond motifs is 1. The largest absolute Gasteiger partial charge is 0.497 e. The van der Waals surface area contributed by atoms with Crippen LogP contribution in [0.3, 0.4) is 0 Å². The molecule has 0 bridgehead atoms. The van der Waals surface area contributed by atoms with Gasteiger partial charge >= 0.3 is 0 Å². The molecule has 1 fully saturated rings. The molecule has 1 aliphatic rings. The molecule has 32 heavy (non-hydrogen) atoms. The van der Waals surface area contributed by atoms with E-state index in [4.69, 9.17) is 9.72 Å². The standard InChI is InChI=1S/C24H25BrN6O/c1-16-13-17(7-8-26-16)15-30-9-11-31(12-10-30)22-20(25)14-27-24-21(22)28-23(29-24)18-3-5-19(32-2)6-4-18/h3-8,13-14H,9-12,15H2,1-2H3,(H,27,28,29). The van der Waals surface area contributed by atoms with Gasteiger partial charge in [0.25, 0.3) is 0 Å². The van der Waals surface area contributed by atoms with E-state index in [0.29, 0.717) is 0 Å². The Bertz CT molecular complexity index is 1230. The minimum Gasteiger partial charge on any atom is -0.497 e. The molecule has 0 radical (unpaired) electrons. The number of methoxy groups -OCH3 is 1.